The molecule has 1 saturated carbocycles. The van der Waals surface area contributed by atoms with E-state index in [2.05, 4.69) is 5.32 Å². The zero-order chi connectivity index (χ0) is 14.0. The van der Waals surface area contributed by atoms with Crippen molar-refractivity contribution in [3.63, 3.8) is 0 Å². The predicted octanol–water partition coefficient (Wildman–Crippen LogP) is 3.17. The molecule has 1 aliphatic rings. The Morgan fingerprint density at radius 3 is 2.58 bits per heavy atom. The fourth-order valence-corrected chi connectivity index (χ4v) is 2.18. The number of hydrogen-bond acceptors (Lipinski definition) is 2. The summed E-state index contributed by atoms with van der Waals surface area (Å²) in [6.45, 7) is 0. The summed E-state index contributed by atoms with van der Waals surface area (Å²) in [4.78, 5) is 11.9. The molecule has 19 heavy (non-hydrogen) atoms. The van der Waals surface area contributed by atoms with Crippen molar-refractivity contribution in [2.24, 2.45) is 5.92 Å². The molecule has 0 spiro atoms. The van der Waals surface area contributed by atoms with Gasteiger partial charge < -0.3 is 11.1 Å². The van der Waals surface area contributed by atoms with E-state index in [9.17, 15) is 18.0 Å². The summed E-state index contributed by atoms with van der Waals surface area (Å²) in [6.07, 6.45) is -0.374. The number of alkyl halides is 2. The summed E-state index contributed by atoms with van der Waals surface area (Å²) in [7, 11) is 0. The highest BCUT2D eigenvalue weighted by Crippen LogP contribution is 2.36. The third-order valence-corrected chi connectivity index (χ3v) is 3.34. The van der Waals surface area contributed by atoms with Gasteiger partial charge in [0, 0.05) is 24.4 Å². The summed E-state index contributed by atoms with van der Waals surface area (Å²) < 4.78 is 39.4. The van der Waals surface area contributed by atoms with E-state index >= 15 is 0 Å². The summed E-state index contributed by atoms with van der Waals surface area (Å²) in [5.74, 6) is -4.21. The van der Waals surface area contributed by atoms with E-state index in [1.807, 2.05) is 0 Å². The fraction of sp³-hybridized carbons (Fsp3) is 0.462. The van der Waals surface area contributed by atoms with Crippen molar-refractivity contribution in [2.75, 3.05) is 11.1 Å². The van der Waals surface area contributed by atoms with Gasteiger partial charge in [0.2, 0.25) is 11.8 Å². The zero-order valence-corrected chi connectivity index (χ0v) is 10.3. The predicted molar refractivity (Wildman–Crippen MR) is 66.3 cm³/mol. The van der Waals surface area contributed by atoms with E-state index in [1.54, 1.807) is 0 Å². The largest absolute Gasteiger partial charge is 0.399 e. The number of nitrogens with one attached hydrogen (secondary N) is 1. The van der Waals surface area contributed by atoms with Gasteiger partial charge in [0.25, 0.3) is 0 Å². The third-order valence-electron chi connectivity index (χ3n) is 3.34. The van der Waals surface area contributed by atoms with Crippen molar-refractivity contribution in [3.8, 4) is 0 Å². The second-order valence-corrected chi connectivity index (χ2v) is 4.86. The maximum Gasteiger partial charge on any atom is 0.248 e. The van der Waals surface area contributed by atoms with Gasteiger partial charge >= 0.3 is 0 Å². The molecule has 3 nitrogen and oxygen atoms in total. The quantitative estimate of drug-likeness (QED) is 0.812. The van der Waals surface area contributed by atoms with Crippen LogP contribution in [0.15, 0.2) is 18.2 Å². The average Bonchev–Trinajstić information content (AvgIpc) is 2.33. The molecule has 1 aliphatic carbocycles. The topological polar surface area (TPSA) is 55.1 Å². The molecule has 1 aromatic rings. The number of halogens is 3. The normalized spacial score (nSPS) is 19.1. The number of nitrogens with two attached hydrogens (primary N) is 1. The lowest BCUT2D eigenvalue weighted by molar-refractivity contribution is -0.124. The van der Waals surface area contributed by atoms with Crippen molar-refractivity contribution < 1.29 is 18.0 Å². The van der Waals surface area contributed by atoms with Gasteiger partial charge in [0.15, 0.2) is 0 Å². The van der Waals surface area contributed by atoms with Crippen LogP contribution in [0.4, 0.5) is 24.5 Å². The molecule has 0 bridgehead atoms. The molecule has 1 aromatic carbocycles. The number of carbonyl (C=O) groups excluding carboxylic acids is 1. The Morgan fingerprint density at radius 2 is 1.95 bits per heavy atom. The molecule has 0 radical (unpaired) electrons. The van der Waals surface area contributed by atoms with Gasteiger partial charge in [0.1, 0.15) is 5.82 Å². The molecule has 0 atom stereocenters. The molecule has 0 aliphatic heterocycles. The van der Waals surface area contributed by atoms with Crippen molar-refractivity contribution in [3.05, 3.63) is 24.0 Å². The molecule has 2 rings (SSSR count). The first kappa shape index (κ1) is 13.7. The van der Waals surface area contributed by atoms with Gasteiger partial charge in [-0.05, 0) is 31.0 Å². The molecule has 0 aromatic heterocycles. The lowest BCUT2D eigenvalue weighted by Crippen LogP contribution is -2.32. The number of rotatable bonds is 2. The first-order valence-electron chi connectivity index (χ1n) is 6.11. The molecule has 0 unspecified atom stereocenters. The first-order chi connectivity index (χ1) is 8.87. The van der Waals surface area contributed by atoms with E-state index in [4.69, 9.17) is 5.73 Å². The van der Waals surface area contributed by atoms with E-state index in [-0.39, 0.29) is 31.4 Å². The van der Waals surface area contributed by atoms with Gasteiger partial charge in [-0.3, -0.25) is 4.79 Å². The van der Waals surface area contributed by atoms with Gasteiger partial charge in [0.05, 0.1) is 5.69 Å². The average molecular weight is 272 g/mol. The van der Waals surface area contributed by atoms with Crippen LogP contribution in [0, 0.1) is 11.7 Å². The molecular formula is C13H15F3N2O. The molecule has 3 N–H and O–H groups in total. The Hall–Kier alpha value is -1.72. The van der Waals surface area contributed by atoms with Crippen LogP contribution in [0.2, 0.25) is 0 Å². The number of benzene rings is 1. The first-order valence-corrected chi connectivity index (χ1v) is 6.11. The number of anilines is 2. The second-order valence-electron chi connectivity index (χ2n) is 4.86. The molecule has 0 saturated heterocycles. The maximum absolute atomic E-state index is 13.4. The van der Waals surface area contributed by atoms with Crippen LogP contribution in [0.1, 0.15) is 25.7 Å². The van der Waals surface area contributed by atoms with Crippen LogP contribution >= 0.6 is 0 Å². The molecular weight excluding hydrogens is 257 g/mol. The number of carbonyl (C=O) groups is 1. The van der Waals surface area contributed by atoms with Crippen LogP contribution in [0.25, 0.3) is 0 Å². The highest BCUT2D eigenvalue weighted by molar-refractivity contribution is 5.93. The van der Waals surface area contributed by atoms with Crippen molar-refractivity contribution in [2.45, 2.75) is 31.6 Å². The fourth-order valence-electron chi connectivity index (χ4n) is 2.18. The highest BCUT2D eigenvalue weighted by Gasteiger charge is 2.37. The molecule has 6 heteroatoms. The van der Waals surface area contributed by atoms with Crippen LogP contribution in [-0.2, 0) is 4.79 Å². The van der Waals surface area contributed by atoms with Crippen molar-refractivity contribution in [1.29, 1.82) is 0 Å². The minimum absolute atomic E-state index is 0.0117. The maximum atomic E-state index is 13.4. The lowest BCUT2D eigenvalue weighted by atomic mass is 9.86. The van der Waals surface area contributed by atoms with Gasteiger partial charge in [-0.1, -0.05) is 0 Å². The monoisotopic (exact) mass is 272 g/mol. The Bertz CT molecular complexity index is 481. The van der Waals surface area contributed by atoms with E-state index in [0.717, 1.165) is 6.07 Å². The van der Waals surface area contributed by atoms with Gasteiger partial charge in [-0.15, -0.1) is 0 Å². The minimum Gasteiger partial charge on any atom is -0.399 e. The van der Waals surface area contributed by atoms with Crippen LogP contribution in [0.5, 0.6) is 0 Å². The van der Waals surface area contributed by atoms with Crippen molar-refractivity contribution >= 4 is 17.3 Å². The van der Waals surface area contributed by atoms with E-state index in [1.165, 1.54) is 12.1 Å². The van der Waals surface area contributed by atoms with Crippen molar-refractivity contribution in [1.82, 2.24) is 0 Å². The van der Waals surface area contributed by atoms with E-state index < -0.39 is 23.6 Å². The van der Waals surface area contributed by atoms with Gasteiger partial charge in [-0.25, -0.2) is 13.2 Å². The highest BCUT2D eigenvalue weighted by atomic mass is 19.3. The Morgan fingerprint density at radius 1 is 1.32 bits per heavy atom. The Balaban J connectivity index is 2.00. The summed E-state index contributed by atoms with van der Waals surface area (Å²) in [5.41, 5.74) is 5.81. The number of amides is 1. The second kappa shape index (κ2) is 5.11. The van der Waals surface area contributed by atoms with Crippen LogP contribution in [0.3, 0.4) is 0 Å². The SMILES string of the molecule is Nc1ccc(F)c(NC(=O)C2CCC(F)(F)CC2)c1. The molecule has 1 fully saturated rings. The Labute approximate surface area is 109 Å². The van der Waals surface area contributed by atoms with Crippen LogP contribution < -0.4 is 11.1 Å². The summed E-state index contributed by atoms with van der Waals surface area (Å²) in [5, 5.41) is 2.41. The number of hydrogen-bond donors (Lipinski definition) is 2. The zero-order valence-electron chi connectivity index (χ0n) is 10.3. The standard InChI is InChI=1S/C13H15F3N2O/c14-10-2-1-9(17)7-11(10)18-12(19)8-3-5-13(15,16)6-4-8/h1-2,7-8H,3-6,17H2,(H,18,19). The van der Waals surface area contributed by atoms with Crippen LogP contribution in [-0.4, -0.2) is 11.8 Å². The minimum atomic E-state index is -2.68. The molecule has 104 valence electrons. The lowest BCUT2D eigenvalue weighted by Gasteiger charge is -2.27. The van der Waals surface area contributed by atoms with E-state index in [0.29, 0.717) is 5.69 Å². The Kier molecular flexibility index (Phi) is 3.68. The third kappa shape index (κ3) is 3.39. The summed E-state index contributed by atoms with van der Waals surface area (Å²) in [6, 6.07) is 3.84. The summed E-state index contributed by atoms with van der Waals surface area (Å²) >= 11 is 0. The number of nitrogen functional groups attached to an aromatic ring is 1. The molecule has 1 amide bonds. The van der Waals surface area contributed by atoms with Gasteiger partial charge in [-0.2, -0.15) is 0 Å². The molecule has 0 heterocycles. The smallest absolute Gasteiger partial charge is 0.248 e.